The number of nitriles is 1. The Bertz CT molecular complexity index is 635. The van der Waals surface area contributed by atoms with Crippen molar-refractivity contribution >= 4 is 21.4 Å². The summed E-state index contributed by atoms with van der Waals surface area (Å²) >= 11 is 1.06. The predicted octanol–water partition coefficient (Wildman–Crippen LogP) is 3.46. The summed E-state index contributed by atoms with van der Waals surface area (Å²) in [5, 5.41) is 8.85. The molecule has 1 aromatic rings. The Morgan fingerprint density at radius 2 is 2.00 bits per heavy atom. The van der Waals surface area contributed by atoms with Crippen LogP contribution in [0.4, 0.5) is 0 Å². The molecule has 0 spiro atoms. The van der Waals surface area contributed by atoms with E-state index in [1.165, 1.54) is 0 Å². The summed E-state index contributed by atoms with van der Waals surface area (Å²) in [7, 11) is -3.44. The summed E-state index contributed by atoms with van der Waals surface area (Å²) in [6, 6.07) is 5.12. The molecular formula is C15H22N2O2S2. The van der Waals surface area contributed by atoms with Crippen molar-refractivity contribution in [3.8, 4) is 6.07 Å². The van der Waals surface area contributed by atoms with Gasteiger partial charge in [-0.1, -0.05) is 20.8 Å². The van der Waals surface area contributed by atoms with E-state index in [1.807, 2.05) is 6.07 Å². The van der Waals surface area contributed by atoms with Crippen LogP contribution < -0.4 is 0 Å². The zero-order valence-corrected chi connectivity index (χ0v) is 14.4. The Hall–Kier alpha value is -0.900. The van der Waals surface area contributed by atoms with E-state index in [0.717, 1.165) is 30.6 Å². The number of sulfonamides is 1. The highest BCUT2D eigenvalue weighted by Gasteiger charge is 2.32. The molecule has 2 heterocycles. The van der Waals surface area contributed by atoms with Crippen LogP contribution in [0, 0.1) is 22.7 Å². The summed E-state index contributed by atoms with van der Waals surface area (Å²) in [4.78, 5) is 0.441. The van der Waals surface area contributed by atoms with Crippen LogP contribution >= 0.6 is 11.3 Å². The molecule has 0 radical (unpaired) electrons. The maximum atomic E-state index is 12.7. The van der Waals surface area contributed by atoms with Gasteiger partial charge in [-0.15, -0.1) is 11.3 Å². The minimum absolute atomic E-state index is 0.219. The molecule has 1 aliphatic rings. The zero-order valence-electron chi connectivity index (χ0n) is 12.8. The minimum atomic E-state index is -3.44. The van der Waals surface area contributed by atoms with Gasteiger partial charge in [0.25, 0.3) is 10.0 Å². The van der Waals surface area contributed by atoms with Crippen LogP contribution in [0.15, 0.2) is 16.3 Å². The maximum absolute atomic E-state index is 12.7. The summed E-state index contributed by atoms with van der Waals surface area (Å²) in [5.74, 6) is 0.552. The van der Waals surface area contributed by atoms with Crippen LogP contribution in [0.3, 0.4) is 0 Å². The van der Waals surface area contributed by atoms with Gasteiger partial charge in [0.1, 0.15) is 15.2 Å². The number of hydrogen-bond acceptors (Lipinski definition) is 4. The third-order valence-electron chi connectivity index (χ3n) is 4.20. The molecule has 4 nitrogen and oxygen atoms in total. The number of nitrogens with zero attached hydrogens (tertiary/aromatic N) is 2. The van der Waals surface area contributed by atoms with Crippen LogP contribution in [0.2, 0.25) is 0 Å². The lowest BCUT2D eigenvalue weighted by atomic mass is 9.77. The van der Waals surface area contributed by atoms with Crippen molar-refractivity contribution in [2.24, 2.45) is 11.3 Å². The first-order valence-electron chi connectivity index (χ1n) is 7.25. The SMILES string of the molecule is CC(C)(C)C1CCCN(S(=O)(=O)c2ccc(C#N)s2)CC1. The van der Waals surface area contributed by atoms with Gasteiger partial charge in [-0.05, 0) is 42.7 Å². The molecule has 1 aromatic heterocycles. The molecule has 1 saturated heterocycles. The molecule has 1 aliphatic heterocycles. The van der Waals surface area contributed by atoms with Crippen LogP contribution in [0.25, 0.3) is 0 Å². The molecule has 1 fully saturated rings. The Balaban J connectivity index is 2.16. The van der Waals surface area contributed by atoms with Gasteiger partial charge < -0.3 is 0 Å². The molecule has 1 unspecified atom stereocenters. The van der Waals surface area contributed by atoms with E-state index in [1.54, 1.807) is 16.4 Å². The van der Waals surface area contributed by atoms with Gasteiger partial charge in [-0.25, -0.2) is 8.42 Å². The van der Waals surface area contributed by atoms with Crippen molar-refractivity contribution in [1.29, 1.82) is 5.26 Å². The third-order valence-corrected chi connectivity index (χ3v) is 7.55. The van der Waals surface area contributed by atoms with Crippen LogP contribution in [0.1, 0.15) is 44.9 Å². The highest BCUT2D eigenvalue weighted by Crippen LogP contribution is 2.35. The summed E-state index contributed by atoms with van der Waals surface area (Å²) in [6.07, 6.45) is 2.88. The van der Waals surface area contributed by atoms with Gasteiger partial charge in [-0.3, -0.25) is 0 Å². The van der Waals surface area contributed by atoms with Crippen LogP contribution in [-0.2, 0) is 10.0 Å². The Labute approximate surface area is 131 Å². The van der Waals surface area contributed by atoms with Gasteiger partial charge in [0.15, 0.2) is 0 Å². The molecule has 0 bridgehead atoms. The monoisotopic (exact) mass is 326 g/mol. The van der Waals surface area contributed by atoms with E-state index in [2.05, 4.69) is 20.8 Å². The molecule has 1 atom stereocenters. The summed E-state index contributed by atoms with van der Waals surface area (Å²) < 4.78 is 27.2. The lowest BCUT2D eigenvalue weighted by Crippen LogP contribution is -2.32. The Morgan fingerprint density at radius 3 is 2.57 bits per heavy atom. The van der Waals surface area contributed by atoms with E-state index < -0.39 is 10.0 Å². The molecule has 116 valence electrons. The van der Waals surface area contributed by atoms with Crippen molar-refractivity contribution in [1.82, 2.24) is 4.31 Å². The van der Waals surface area contributed by atoms with Crippen LogP contribution in [0.5, 0.6) is 0 Å². The lowest BCUT2D eigenvalue weighted by Gasteiger charge is -2.29. The quantitative estimate of drug-likeness (QED) is 0.836. The van der Waals surface area contributed by atoms with E-state index >= 15 is 0 Å². The van der Waals surface area contributed by atoms with Gasteiger partial charge in [0.05, 0.1) is 0 Å². The largest absolute Gasteiger partial charge is 0.252 e. The fourth-order valence-electron chi connectivity index (χ4n) is 2.82. The Morgan fingerprint density at radius 1 is 1.29 bits per heavy atom. The first-order chi connectivity index (χ1) is 9.75. The fraction of sp³-hybridized carbons (Fsp3) is 0.667. The molecule has 0 amide bonds. The van der Waals surface area contributed by atoms with Gasteiger partial charge >= 0.3 is 0 Å². The van der Waals surface area contributed by atoms with Crippen LogP contribution in [-0.4, -0.2) is 25.8 Å². The highest BCUT2D eigenvalue weighted by atomic mass is 32.2. The molecule has 0 aromatic carbocycles. The van der Waals surface area contributed by atoms with E-state index in [4.69, 9.17) is 5.26 Å². The van der Waals surface area contributed by atoms with Crippen molar-refractivity contribution in [2.45, 2.75) is 44.2 Å². The molecule has 6 heteroatoms. The van der Waals surface area contributed by atoms with E-state index in [9.17, 15) is 8.42 Å². The second kappa shape index (κ2) is 6.07. The second-order valence-corrected chi connectivity index (χ2v) is 9.88. The van der Waals surface area contributed by atoms with Gasteiger partial charge in [0.2, 0.25) is 0 Å². The van der Waals surface area contributed by atoms with E-state index in [-0.39, 0.29) is 9.62 Å². The molecule has 0 N–H and O–H groups in total. The smallest absolute Gasteiger partial charge is 0.206 e. The van der Waals surface area contributed by atoms with Crippen molar-refractivity contribution in [3.63, 3.8) is 0 Å². The average molecular weight is 326 g/mol. The Kier molecular flexibility index (Phi) is 4.76. The topological polar surface area (TPSA) is 61.2 Å². The first kappa shape index (κ1) is 16.5. The molecule has 2 rings (SSSR count). The predicted molar refractivity (Wildman–Crippen MR) is 84.6 cm³/mol. The average Bonchev–Trinajstić information content (AvgIpc) is 2.73. The minimum Gasteiger partial charge on any atom is -0.206 e. The summed E-state index contributed by atoms with van der Waals surface area (Å²) in [6.45, 7) is 7.82. The highest BCUT2D eigenvalue weighted by molar-refractivity contribution is 7.91. The van der Waals surface area contributed by atoms with Crippen molar-refractivity contribution in [2.75, 3.05) is 13.1 Å². The number of thiophene rings is 1. The maximum Gasteiger partial charge on any atom is 0.252 e. The summed E-state index contributed by atoms with van der Waals surface area (Å²) in [5.41, 5.74) is 0.219. The van der Waals surface area contributed by atoms with Gasteiger partial charge in [-0.2, -0.15) is 9.57 Å². The second-order valence-electron chi connectivity index (χ2n) is 6.63. The number of hydrogen-bond donors (Lipinski definition) is 0. The van der Waals surface area contributed by atoms with Gasteiger partial charge in [0, 0.05) is 13.1 Å². The van der Waals surface area contributed by atoms with E-state index in [0.29, 0.717) is 23.9 Å². The standard InChI is InChI=1S/C15H22N2O2S2/c1-15(2,3)12-5-4-9-17(10-8-12)21(18,19)14-7-6-13(11-16)20-14/h6-7,12H,4-5,8-10H2,1-3H3. The normalized spacial score (nSPS) is 21.7. The molecular weight excluding hydrogens is 304 g/mol. The fourth-order valence-corrected chi connectivity index (χ4v) is 5.57. The lowest BCUT2D eigenvalue weighted by molar-refractivity contribution is 0.217. The number of rotatable bonds is 2. The third kappa shape index (κ3) is 3.65. The molecule has 0 saturated carbocycles. The van der Waals surface area contributed by atoms with Crippen molar-refractivity contribution < 1.29 is 8.42 Å². The first-order valence-corrected chi connectivity index (χ1v) is 9.51. The van der Waals surface area contributed by atoms with Crippen molar-refractivity contribution in [3.05, 3.63) is 17.0 Å². The molecule has 21 heavy (non-hydrogen) atoms. The molecule has 0 aliphatic carbocycles. The zero-order chi connectivity index (χ0) is 15.7.